The number of alkyl carbamates (subject to hydrolysis) is 1. The Kier molecular flexibility index (Phi) is 3.61. The van der Waals surface area contributed by atoms with Crippen LogP contribution in [0.4, 0.5) is 4.79 Å². The van der Waals surface area contributed by atoms with Gasteiger partial charge in [-0.05, 0) is 51.9 Å². The number of carbonyl (C=O) groups excluding carboxylic acids is 1. The summed E-state index contributed by atoms with van der Waals surface area (Å²) in [5.74, 6) is 1.89. The van der Waals surface area contributed by atoms with Crippen LogP contribution in [0.5, 0.6) is 0 Å². The molecule has 3 aliphatic rings. The first-order valence-electron chi connectivity index (χ1n) is 6.64. The maximum Gasteiger partial charge on any atom is 0.407 e. The van der Waals surface area contributed by atoms with Crippen LogP contribution >= 0.6 is 0 Å². The van der Waals surface area contributed by atoms with E-state index >= 15 is 0 Å². The summed E-state index contributed by atoms with van der Waals surface area (Å²) < 4.78 is 5.16. The molecule has 0 aromatic carbocycles. The van der Waals surface area contributed by atoms with Gasteiger partial charge in [0.2, 0.25) is 0 Å². The van der Waals surface area contributed by atoms with Crippen molar-refractivity contribution in [1.29, 1.82) is 0 Å². The van der Waals surface area contributed by atoms with Gasteiger partial charge < -0.3 is 15.4 Å². The van der Waals surface area contributed by atoms with Crippen LogP contribution in [0.25, 0.3) is 0 Å². The van der Waals surface area contributed by atoms with Crippen LogP contribution in [0.2, 0.25) is 0 Å². The molecule has 3 rings (SSSR count). The van der Waals surface area contributed by atoms with Crippen LogP contribution < -0.4 is 10.6 Å². The highest BCUT2D eigenvalue weighted by Gasteiger charge is 2.43. The van der Waals surface area contributed by atoms with Crippen LogP contribution in [0.1, 0.15) is 40.0 Å². The number of hydrogen-bond acceptors (Lipinski definition) is 3. The average molecular weight is 240 g/mol. The highest BCUT2D eigenvalue weighted by molar-refractivity contribution is 5.67. The van der Waals surface area contributed by atoms with Crippen LogP contribution in [-0.2, 0) is 4.74 Å². The van der Waals surface area contributed by atoms with Crippen molar-refractivity contribution >= 4 is 6.09 Å². The molecule has 3 fully saturated rings. The van der Waals surface area contributed by atoms with Crippen LogP contribution in [0.3, 0.4) is 0 Å². The minimum absolute atomic E-state index is 0.324. The van der Waals surface area contributed by atoms with E-state index in [1.807, 2.05) is 20.8 Å². The van der Waals surface area contributed by atoms with E-state index in [0.29, 0.717) is 12.6 Å². The molecule has 3 aliphatic carbocycles. The van der Waals surface area contributed by atoms with Gasteiger partial charge in [-0.1, -0.05) is 0 Å². The SMILES string of the molecule is CC(C)(C)OC(=O)NCCNC1CC2CC1C2. The third kappa shape index (κ3) is 3.60. The molecule has 0 saturated heterocycles. The maximum atomic E-state index is 11.4. The van der Waals surface area contributed by atoms with Gasteiger partial charge >= 0.3 is 6.09 Å². The van der Waals surface area contributed by atoms with Crippen molar-refractivity contribution in [3.05, 3.63) is 0 Å². The number of hydrogen-bond donors (Lipinski definition) is 2. The van der Waals surface area contributed by atoms with Crippen molar-refractivity contribution < 1.29 is 9.53 Å². The van der Waals surface area contributed by atoms with Crippen molar-refractivity contribution in [2.24, 2.45) is 11.8 Å². The molecule has 3 saturated carbocycles. The maximum absolute atomic E-state index is 11.4. The minimum Gasteiger partial charge on any atom is -0.444 e. The lowest BCUT2D eigenvalue weighted by atomic mass is 9.84. The Morgan fingerprint density at radius 2 is 1.94 bits per heavy atom. The van der Waals surface area contributed by atoms with E-state index in [4.69, 9.17) is 4.74 Å². The van der Waals surface area contributed by atoms with Crippen molar-refractivity contribution in [3.63, 3.8) is 0 Å². The molecular formula is C13H24N2O2. The smallest absolute Gasteiger partial charge is 0.407 e. The third-order valence-electron chi connectivity index (χ3n) is 3.63. The molecule has 1 amide bonds. The van der Waals surface area contributed by atoms with E-state index in [0.717, 1.165) is 18.4 Å². The first kappa shape index (κ1) is 12.7. The summed E-state index contributed by atoms with van der Waals surface area (Å²) in [4.78, 5) is 11.4. The summed E-state index contributed by atoms with van der Waals surface area (Å²) in [6.07, 6.45) is 3.83. The van der Waals surface area contributed by atoms with E-state index in [1.165, 1.54) is 19.3 Å². The second-order valence-electron chi connectivity index (χ2n) is 6.32. The predicted molar refractivity (Wildman–Crippen MR) is 66.9 cm³/mol. The van der Waals surface area contributed by atoms with Gasteiger partial charge in [0.1, 0.15) is 5.60 Å². The molecule has 0 aromatic heterocycles. The summed E-state index contributed by atoms with van der Waals surface area (Å²) in [5.41, 5.74) is -0.413. The average Bonchev–Trinajstić information content (AvgIpc) is 2.66. The topological polar surface area (TPSA) is 50.4 Å². The standard InChI is InChI=1S/C13H24N2O2/c1-13(2,3)17-12(16)15-5-4-14-11-8-9-6-10(11)7-9/h9-11,14H,4-8H2,1-3H3,(H,15,16). The highest BCUT2D eigenvalue weighted by atomic mass is 16.6. The molecule has 1 unspecified atom stereocenters. The fourth-order valence-electron chi connectivity index (χ4n) is 2.85. The summed E-state index contributed by atoms with van der Waals surface area (Å²) >= 11 is 0. The number of rotatable bonds is 4. The molecule has 2 N–H and O–H groups in total. The first-order valence-corrected chi connectivity index (χ1v) is 6.64. The molecule has 0 spiro atoms. The predicted octanol–water partition coefficient (Wildman–Crippen LogP) is 1.90. The van der Waals surface area contributed by atoms with Crippen molar-refractivity contribution in [2.45, 2.75) is 51.7 Å². The Morgan fingerprint density at radius 1 is 1.24 bits per heavy atom. The quantitative estimate of drug-likeness (QED) is 0.738. The van der Waals surface area contributed by atoms with Gasteiger partial charge in [-0.15, -0.1) is 0 Å². The number of fused-ring (bicyclic) bond motifs is 1. The zero-order valence-electron chi connectivity index (χ0n) is 11.1. The van der Waals surface area contributed by atoms with Crippen molar-refractivity contribution in [2.75, 3.05) is 13.1 Å². The van der Waals surface area contributed by atoms with Gasteiger partial charge in [0.15, 0.2) is 0 Å². The first-order chi connectivity index (χ1) is 7.94. The number of carbonyl (C=O) groups is 1. The van der Waals surface area contributed by atoms with E-state index in [9.17, 15) is 4.79 Å². The third-order valence-corrected chi connectivity index (χ3v) is 3.63. The fourth-order valence-corrected chi connectivity index (χ4v) is 2.85. The van der Waals surface area contributed by atoms with Gasteiger partial charge in [0.25, 0.3) is 0 Å². The molecule has 2 bridgehead atoms. The van der Waals surface area contributed by atoms with Crippen molar-refractivity contribution in [1.82, 2.24) is 10.6 Å². The molecule has 0 aliphatic heterocycles. The fraction of sp³-hybridized carbons (Fsp3) is 0.923. The molecule has 1 atom stereocenters. The molecular weight excluding hydrogens is 216 g/mol. The normalized spacial score (nSPS) is 30.9. The van der Waals surface area contributed by atoms with Gasteiger partial charge in [-0.25, -0.2) is 4.79 Å². The molecule has 0 aromatic rings. The van der Waals surface area contributed by atoms with E-state index in [2.05, 4.69) is 10.6 Å². The second kappa shape index (κ2) is 4.84. The molecule has 17 heavy (non-hydrogen) atoms. The van der Waals surface area contributed by atoms with E-state index < -0.39 is 5.60 Å². The Balaban J connectivity index is 1.52. The van der Waals surface area contributed by atoms with Crippen molar-refractivity contribution in [3.8, 4) is 0 Å². The molecule has 4 nitrogen and oxygen atoms in total. The Hall–Kier alpha value is -0.770. The lowest BCUT2D eigenvalue weighted by Gasteiger charge is -2.25. The van der Waals surface area contributed by atoms with Crippen LogP contribution in [0.15, 0.2) is 0 Å². The minimum atomic E-state index is -0.413. The molecule has 0 heterocycles. The lowest BCUT2D eigenvalue weighted by Crippen LogP contribution is -2.39. The summed E-state index contributed by atoms with van der Waals surface area (Å²) in [6.45, 7) is 7.10. The number of ether oxygens (including phenoxy) is 1. The van der Waals surface area contributed by atoms with Gasteiger partial charge in [0.05, 0.1) is 0 Å². The second-order valence-corrected chi connectivity index (χ2v) is 6.32. The van der Waals surface area contributed by atoms with Gasteiger partial charge in [-0.3, -0.25) is 0 Å². The number of nitrogens with one attached hydrogen (secondary N) is 2. The summed E-state index contributed by atoms with van der Waals surface area (Å²) in [6, 6.07) is 0.695. The van der Waals surface area contributed by atoms with Crippen LogP contribution in [-0.4, -0.2) is 30.8 Å². The molecule has 4 heteroatoms. The lowest BCUT2D eigenvalue weighted by molar-refractivity contribution is 0.0528. The van der Waals surface area contributed by atoms with Crippen LogP contribution in [0, 0.1) is 11.8 Å². The van der Waals surface area contributed by atoms with Gasteiger partial charge in [-0.2, -0.15) is 0 Å². The number of amides is 1. The Morgan fingerprint density at radius 3 is 2.47 bits per heavy atom. The summed E-state index contributed by atoms with van der Waals surface area (Å²) in [5, 5.41) is 6.29. The molecule has 98 valence electrons. The highest BCUT2D eigenvalue weighted by Crippen LogP contribution is 2.48. The van der Waals surface area contributed by atoms with E-state index in [1.54, 1.807) is 0 Å². The molecule has 0 radical (unpaired) electrons. The largest absolute Gasteiger partial charge is 0.444 e. The zero-order valence-corrected chi connectivity index (χ0v) is 11.1. The Bertz CT molecular complexity index is 280. The monoisotopic (exact) mass is 240 g/mol. The zero-order chi connectivity index (χ0) is 12.5. The summed E-state index contributed by atoms with van der Waals surface area (Å²) in [7, 11) is 0. The van der Waals surface area contributed by atoms with Gasteiger partial charge in [0, 0.05) is 19.1 Å². The van der Waals surface area contributed by atoms with E-state index in [-0.39, 0.29) is 6.09 Å². The Labute approximate surface area is 103 Å².